The lowest BCUT2D eigenvalue weighted by atomic mass is 9.66. The van der Waals surface area contributed by atoms with Gasteiger partial charge in [-0.25, -0.2) is 4.79 Å². The number of para-hydroxylation sites is 1. The first kappa shape index (κ1) is 29.0. The van der Waals surface area contributed by atoms with Crippen molar-refractivity contribution in [2.24, 2.45) is 5.41 Å². The number of aryl methyl sites for hydroxylation is 2. The summed E-state index contributed by atoms with van der Waals surface area (Å²) in [6.45, 7) is 7.28. The predicted octanol–water partition coefficient (Wildman–Crippen LogP) is 7.26. The monoisotopic (exact) mass is 563 g/mol. The van der Waals surface area contributed by atoms with Crippen LogP contribution in [0.2, 0.25) is 0 Å². The van der Waals surface area contributed by atoms with Crippen LogP contribution in [0.3, 0.4) is 0 Å². The van der Waals surface area contributed by atoms with Gasteiger partial charge in [-0.3, -0.25) is 9.88 Å². The van der Waals surface area contributed by atoms with Crippen LogP contribution >= 0.6 is 11.3 Å². The maximum atomic E-state index is 15.1. The lowest BCUT2D eigenvalue weighted by molar-refractivity contribution is -0.224. The van der Waals surface area contributed by atoms with Crippen LogP contribution in [0.15, 0.2) is 60.8 Å². The fraction of sp³-hybridized carbons (Fsp3) is 0.448. The second kappa shape index (κ2) is 10.9. The molecule has 0 bridgehead atoms. The second-order valence-electron chi connectivity index (χ2n) is 10.9. The summed E-state index contributed by atoms with van der Waals surface area (Å²) in [6, 6.07) is 14.7. The molecule has 0 spiro atoms. The number of rotatable bonds is 8. The first-order valence-electron chi connectivity index (χ1n) is 12.8. The zero-order valence-electron chi connectivity index (χ0n) is 22.4. The van der Waals surface area contributed by atoms with E-state index < -0.39 is 28.8 Å². The summed E-state index contributed by atoms with van der Waals surface area (Å²) in [4.78, 5) is 19.9. The Morgan fingerprint density at radius 2 is 1.82 bits per heavy atom. The van der Waals surface area contributed by atoms with Gasteiger partial charge in [-0.05, 0) is 89.4 Å². The van der Waals surface area contributed by atoms with E-state index in [2.05, 4.69) is 10.3 Å². The van der Waals surface area contributed by atoms with E-state index in [9.17, 15) is 9.18 Å². The molecule has 1 fully saturated rings. The van der Waals surface area contributed by atoms with Crippen molar-refractivity contribution >= 4 is 17.4 Å². The van der Waals surface area contributed by atoms with E-state index in [0.29, 0.717) is 11.4 Å². The first-order chi connectivity index (χ1) is 18.3. The average molecular weight is 564 g/mol. The van der Waals surface area contributed by atoms with E-state index in [1.807, 2.05) is 37.8 Å². The highest BCUT2D eigenvalue weighted by atomic mass is 32.1. The number of hydrogen-bond acceptors (Lipinski definition) is 5. The SMILES string of the molecule is Cc1ccc(C(C)(C)N2CC[C@@](CCc3ccc(F)s3)(C(C)(NC(=O)Oc3ccccc3)C(F)(F)F)C2)cn1. The van der Waals surface area contributed by atoms with Gasteiger partial charge in [0.15, 0.2) is 5.13 Å². The fourth-order valence-corrected chi connectivity index (χ4v) is 6.13. The standard InChI is InChI=1S/C29H33F4N3O2S/c1-20-10-11-21(18-34-20)26(2,3)36-17-16-28(19-36,15-14-23-12-13-24(30)39-23)27(4,29(31,32)33)35-25(37)38-22-8-6-5-7-9-22/h5-13,18H,14-17,19H2,1-4H3,(H,35,37)/t27?,28-/m1/s1. The summed E-state index contributed by atoms with van der Waals surface area (Å²) in [7, 11) is 0. The molecule has 2 aromatic heterocycles. The Bertz CT molecular complexity index is 1280. The molecule has 0 radical (unpaired) electrons. The highest BCUT2D eigenvalue weighted by Gasteiger charge is 2.66. The van der Waals surface area contributed by atoms with Crippen LogP contribution in [0, 0.1) is 17.5 Å². The number of carbonyl (C=O) groups excluding carboxylic acids is 1. The number of hydrogen-bond donors (Lipinski definition) is 1. The number of nitrogens with zero attached hydrogens (tertiary/aromatic N) is 2. The highest BCUT2D eigenvalue weighted by Crippen LogP contribution is 2.53. The van der Waals surface area contributed by atoms with E-state index in [1.54, 1.807) is 30.5 Å². The molecule has 210 valence electrons. The molecule has 2 atom stereocenters. The average Bonchev–Trinajstić information content (AvgIpc) is 3.50. The number of nitrogens with one attached hydrogen (secondary N) is 1. The minimum atomic E-state index is -4.80. The quantitative estimate of drug-likeness (QED) is 0.293. The van der Waals surface area contributed by atoms with Gasteiger partial charge in [0.1, 0.15) is 11.3 Å². The molecule has 39 heavy (non-hydrogen) atoms. The summed E-state index contributed by atoms with van der Waals surface area (Å²) >= 11 is 0.926. The van der Waals surface area contributed by atoms with E-state index in [4.69, 9.17) is 4.74 Å². The van der Waals surface area contributed by atoms with Crippen LogP contribution in [0.25, 0.3) is 0 Å². The Kier molecular flexibility index (Phi) is 8.10. The molecule has 5 nitrogen and oxygen atoms in total. The Hall–Kier alpha value is -2.98. The molecule has 1 N–H and O–H groups in total. The number of aromatic nitrogens is 1. The summed E-state index contributed by atoms with van der Waals surface area (Å²) in [5, 5.41) is 1.84. The number of amides is 1. The molecule has 1 amide bonds. The maximum Gasteiger partial charge on any atom is 0.413 e. The highest BCUT2D eigenvalue weighted by molar-refractivity contribution is 7.10. The molecule has 1 saturated heterocycles. The van der Waals surface area contributed by atoms with Crippen molar-refractivity contribution in [3.8, 4) is 5.75 Å². The number of benzene rings is 1. The Labute approximate surface area is 230 Å². The third kappa shape index (κ3) is 5.96. The molecule has 4 rings (SSSR count). The number of carbonyl (C=O) groups is 1. The number of alkyl halides is 3. The van der Waals surface area contributed by atoms with E-state index in [1.165, 1.54) is 18.2 Å². The first-order valence-corrected chi connectivity index (χ1v) is 13.6. The number of likely N-dealkylation sites (tertiary alicyclic amines) is 1. The molecule has 1 aliphatic rings. The molecule has 1 aliphatic heterocycles. The van der Waals surface area contributed by atoms with Crippen LogP contribution in [-0.2, 0) is 12.0 Å². The van der Waals surface area contributed by atoms with Crippen molar-refractivity contribution in [1.82, 2.24) is 15.2 Å². The van der Waals surface area contributed by atoms with Gasteiger partial charge in [0.25, 0.3) is 0 Å². The normalized spacial score (nSPS) is 20.0. The van der Waals surface area contributed by atoms with Crippen molar-refractivity contribution in [3.05, 3.63) is 82.1 Å². The van der Waals surface area contributed by atoms with Crippen molar-refractivity contribution < 1.29 is 27.1 Å². The molecule has 1 aromatic carbocycles. The second-order valence-corrected chi connectivity index (χ2v) is 12.0. The lowest BCUT2D eigenvalue weighted by Crippen LogP contribution is -2.68. The van der Waals surface area contributed by atoms with Crippen LogP contribution in [0.1, 0.15) is 49.7 Å². The van der Waals surface area contributed by atoms with Gasteiger partial charge in [0.2, 0.25) is 0 Å². The zero-order chi connectivity index (χ0) is 28.5. The largest absolute Gasteiger partial charge is 0.413 e. The molecular formula is C29H33F4N3O2S. The van der Waals surface area contributed by atoms with Crippen LogP contribution in [0.5, 0.6) is 5.75 Å². The van der Waals surface area contributed by atoms with Gasteiger partial charge in [0, 0.05) is 34.3 Å². The van der Waals surface area contributed by atoms with Crippen LogP contribution in [-0.4, -0.2) is 40.8 Å². The number of pyridine rings is 1. The van der Waals surface area contributed by atoms with Gasteiger partial charge in [0.05, 0.1) is 0 Å². The predicted molar refractivity (Wildman–Crippen MR) is 143 cm³/mol. The minimum absolute atomic E-state index is 0.0589. The zero-order valence-corrected chi connectivity index (χ0v) is 23.3. The van der Waals surface area contributed by atoms with E-state index >= 15 is 13.2 Å². The minimum Gasteiger partial charge on any atom is -0.410 e. The summed E-state index contributed by atoms with van der Waals surface area (Å²) in [5.41, 5.74) is -2.93. The lowest BCUT2D eigenvalue weighted by Gasteiger charge is -2.48. The van der Waals surface area contributed by atoms with Gasteiger partial charge < -0.3 is 10.1 Å². The van der Waals surface area contributed by atoms with E-state index in [0.717, 1.165) is 29.5 Å². The third-order valence-corrected chi connectivity index (χ3v) is 9.11. The van der Waals surface area contributed by atoms with Crippen molar-refractivity contribution in [2.75, 3.05) is 13.1 Å². The van der Waals surface area contributed by atoms with Gasteiger partial charge >= 0.3 is 12.3 Å². The molecule has 1 unspecified atom stereocenters. The van der Waals surface area contributed by atoms with Gasteiger partial charge in [-0.15, -0.1) is 11.3 Å². The molecule has 0 saturated carbocycles. The maximum absolute atomic E-state index is 15.1. The molecule has 3 aromatic rings. The van der Waals surface area contributed by atoms with E-state index in [-0.39, 0.29) is 36.7 Å². The van der Waals surface area contributed by atoms with Crippen molar-refractivity contribution in [2.45, 2.75) is 64.2 Å². The van der Waals surface area contributed by atoms with Crippen LogP contribution in [0.4, 0.5) is 22.4 Å². The summed E-state index contributed by atoms with van der Waals surface area (Å²) in [5.74, 6) is 0.142. The smallest absolute Gasteiger partial charge is 0.410 e. The van der Waals surface area contributed by atoms with Crippen molar-refractivity contribution in [3.63, 3.8) is 0 Å². The van der Waals surface area contributed by atoms with Crippen molar-refractivity contribution in [1.29, 1.82) is 0 Å². The fourth-order valence-electron chi connectivity index (χ4n) is 5.40. The molecule has 3 heterocycles. The number of ether oxygens (including phenoxy) is 1. The Balaban J connectivity index is 1.69. The molecular weight excluding hydrogens is 530 g/mol. The van der Waals surface area contributed by atoms with Crippen LogP contribution < -0.4 is 10.1 Å². The Morgan fingerprint density at radius 3 is 2.41 bits per heavy atom. The number of thiophene rings is 1. The summed E-state index contributed by atoms with van der Waals surface area (Å²) < 4.78 is 64.1. The van der Waals surface area contributed by atoms with Gasteiger partial charge in [-0.2, -0.15) is 17.6 Å². The summed E-state index contributed by atoms with van der Waals surface area (Å²) in [6.07, 6.45) is -3.71. The topological polar surface area (TPSA) is 54.5 Å². The Morgan fingerprint density at radius 1 is 1.10 bits per heavy atom. The number of halogens is 4. The third-order valence-electron chi connectivity index (χ3n) is 8.17. The molecule has 10 heteroatoms. The van der Waals surface area contributed by atoms with Gasteiger partial charge in [-0.1, -0.05) is 24.3 Å². The molecule has 0 aliphatic carbocycles.